The van der Waals surface area contributed by atoms with Crippen LogP contribution in [0.5, 0.6) is 0 Å². The Hall–Kier alpha value is -2.02. The van der Waals surface area contributed by atoms with Crippen LogP contribution in [-0.4, -0.2) is 44.2 Å². The predicted octanol–water partition coefficient (Wildman–Crippen LogP) is 2.89. The molecule has 0 atom stereocenters. The second-order valence-corrected chi connectivity index (χ2v) is 6.40. The normalized spacial score (nSPS) is 17.7. The predicted molar refractivity (Wildman–Crippen MR) is 86.0 cm³/mol. The van der Waals surface area contributed by atoms with Crippen molar-refractivity contribution in [3.63, 3.8) is 0 Å². The minimum absolute atomic E-state index is 0.153. The molecule has 1 aromatic carbocycles. The van der Waals surface area contributed by atoms with Crippen molar-refractivity contribution < 1.29 is 18.7 Å². The van der Waals surface area contributed by atoms with Crippen molar-refractivity contribution >= 4 is 16.9 Å². The van der Waals surface area contributed by atoms with Crippen molar-refractivity contribution in [1.29, 1.82) is 0 Å². The van der Waals surface area contributed by atoms with Gasteiger partial charge in [-0.1, -0.05) is 6.92 Å². The van der Waals surface area contributed by atoms with Gasteiger partial charge in [-0.3, -0.25) is 4.79 Å². The largest absolute Gasteiger partial charge is 0.390 e. The number of hydrogen-bond acceptors (Lipinski definition) is 3. The minimum atomic E-state index is -2.66. The molecule has 0 aliphatic carbocycles. The molecule has 0 spiro atoms. The molecule has 3 rings (SSSR count). The molecule has 7 heteroatoms. The summed E-state index contributed by atoms with van der Waals surface area (Å²) in [4.78, 5) is 18.3. The van der Waals surface area contributed by atoms with Gasteiger partial charge in [-0.15, -0.1) is 0 Å². The third kappa shape index (κ3) is 2.88. The topological polar surface area (TPSA) is 58.4 Å². The van der Waals surface area contributed by atoms with E-state index in [0.29, 0.717) is 48.9 Å². The van der Waals surface area contributed by atoms with Gasteiger partial charge in [-0.25, -0.2) is 13.8 Å². The number of carbonyl (C=O) groups is 1. The SMILES string of the molecule is CCC1(O)CCN(C(=O)c2ccc3c(c2)nc(C(F)F)n3C)CC1. The molecule has 1 aromatic heterocycles. The van der Waals surface area contributed by atoms with Crippen LogP contribution < -0.4 is 0 Å². The highest BCUT2D eigenvalue weighted by molar-refractivity contribution is 5.97. The molecule has 1 aliphatic heterocycles. The number of aromatic nitrogens is 2. The lowest BCUT2D eigenvalue weighted by molar-refractivity contribution is -0.0193. The molecular weight excluding hydrogens is 316 g/mol. The fourth-order valence-electron chi connectivity index (χ4n) is 3.21. The Morgan fingerprint density at radius 2 is 2.04 bits per heavy atom. The number of piperidine rings is 1. The smallest absolute Gasteiger partial charge is 0.295 e. The van der Waals surface area contributed by atoms with E-state index in [0.717, 1.165) is 0 Å². The zero-order valence-corrected chi connectivity index (χ0v) is 13.8. The number of halogens is 2. The monoisotopic (exact) mass is 337 g/mol. The quantitative estimate of drug-likeness (QED) is 0.937. The fourth-order valence-corrected chi connectivity index (χ4v) is 3.21. The Kier molecular flexibility index (Phi) is 4.29. The number of alkyl halides is 2. The maximum absolute atomic E-state index is 12.9. The number of benzene rings is 1. The molecule has 0 radical (unpaired) electrons. The van der Waals surface area contributed by atoms with Crippen LogP contribution in [0.1, 0.15) is 48.8 Å². The second-order valence-electron chi connectivity index (χ2n) is 6.40. The summed E-state index contributed by atoms with van der Waals surface area (Å²) in [5.41, 5.74) is 0.707. The van der Waals surface area contributed by atoms with Gasteiger partial charge in [0.2, 0.25) is 0 Å². The Balaban J connectivity index is 1.83. The highest BCUT2D eigenvalue weighted by Gasteiger charge is 2.32. The molecule has 0 saturated carbocycles. The van der Waals surface area contributed by atoms with Crippen molar-refractivity contribution in [2.45, 2.75) is 38.2 Å². The first-order valence-corrected chi connectivity index (χ1v) is 8.11. The third-order valence-corrected chi connectivity index (χ3v) is 5.00. The molecule has 1 fully saturated rings. The van der Waals surface area contributed by atoms with Crippen molar-refractivity contribution in [3.05, 3.63) is 29.6 Å². The van der Waals surface area contributed by atoms with E-state index in [1.807, 2.05) is 6.92 Å². The van der Waals surface area contributed by atoms with E-state index in [4.69, 9.17) is 0 Å². The van der Waals surface area contributed by atoms with E-state index in [1.54, 1.807) is 23.1 Å². The van der Waals surface area contributed by atoms with Crippen LogP contribution in [0.2, 0.25) is 0 Å². The highest BCUT2D eigenvalue weighted by Crippen LogP contribution is 2.27. The van der Waals surface area contributed by atoms with E-state index in [9.17, 15) is 18.7 Å². The molecule has 2 heterocycles. The zero-order chi connectivity index (χ0) is 17.5. The van der Waals surface area contributed by atoms with Crippen molar-refractivity contribution in [2.24, 2.45) is 7.05 Å². The van der Waals surface area contributed by atoms with E-state index in [1.165, 1.54) is 11.6 Å². The number of hydrogen-bond donors (Lipinski definition) is 1. The Morgan fingerprint density at radius 1 is 1.38 bits per heavy atom. The molecule has 130 valence electrons. The molecule has 24 heavy (non-hydrogen) atoms. The Morgan fingerprint density at radius 3 is 2.62 bits per heavy atom. The number of aryl methyl sites for hydroxylation is 1. The molecule has 5 nitrogen and oxygen atoms in total. The molecule has 1 N–H and O–H groups in total. The fraction of sp³-hybridized carbons (Fsp3) is 0.529. The van der Waals surface area contributed by atoms with Crippen LogP contribution in [0.4, 0.5) is 8.78 Å². The average Bonchev–Trinajstić information content (AvgIpc) is 2.91. The summed E-state index contributed by atoms with van der Waals surface area (Å²) in [6.45, 7) is 2.92. The number of rotatable bonds is 3. The summed E-state index contributed by atoms with van der Waals surface area (Å²) in [6.07, 6.45) is -0.881. The average molecular weight is 337 g/mol. The van der Waals surface area contributed by atoms with Crippen LogP contribution in [-0.2, 0) is 7.05 Å². The lowest BCUT2D eigenvalue weighted by Crippen LogP contribution is -2.46. The summed E-state index contributed by atoms with van der Waals surface area (Å²) in [7, 11) is 1.54. The van der Waals surface area contributed by atoms with E-state index in [2.05, 4.69) is 4.98 Å². The summed E-state index contributed by atoms with van der Waals surface area (Å²) >= 11 is 0. The highest BCUT2D eigenvalue weighted by atomic mass is 19.3. The number of amides is 1. The Bertz CT molecular complexity index is 765. The maximum atomic E-state index is 12.9. The van der Waals surface area contributed by atoms with Crippen LogP contribution in [0.25, 0.3) is 11.0 Å². The molecule has 0 bridgehead atoms. The van der Waals surface area contributed by atoms with Crippen molar-refractivity contribution in [1.82, 2.24) is 14.5 Å². The second kappa shape index (κ2) is 6.12. The van der Waals surface area contributed by atoms with E-state index < -0.39 is 12.0 Å². The molecule has 2 aromatic rings. The van der Waals surface area contributed by atoms with Gasteiger partial charge in [0.05, 0.1) is 16.6 Å². The number of likely N-dealkylation sites (tertiary alicyclic amines) is 1. The lowest BCUT2D eigenvalue weighted by Gasteiger charge is -2.37. The molecular formula is C17H21F2N3O2. The first-order chi connectivity index (χ1) is 11.3. The number of imidazole rings is 1. The molecule has 1 amide bonds. The number of aliphatic hydroxyl groups is 1. The maximum Gasteiger partial charge on any atom is 0.295 e. The third-order valence-electron chi connectivity index (χ3n) is 5.00. The lowest BCUT2D eigenvalue weighted by atomic mass is 9.89. The summed E-state index contributed by atoms with van der Waals surface area (Å²) in [5.74, 6) is -0.458. The molecule has 1 aliphatic rings. The van der Waals surface area contributed by atoms with Crippen LogP contribution >= 0.6 is 0 Å². The first kappa shape index (κ1) is 16.8. The van der Waals surface area contributed by atoms with Crippen LogP contribution in [0.3, 0.4) is 0 Å². The van der Waals surface area contributed by atoms with Gasteiger partial charge < -0.3 is 14.6 Å². The van der Waals surface area contributed by atoms with Crippen molar-refractivity contribution in [3.8, 4) is 0 Å². The van der Waals surface area contributed by atoms with Gasteiger partial charge in [0.15, 0.2) is 5.82 Å². The first-order valence-electron chi connectivity index (χ1n) is 8.11. The van der Waals surface area contributed by atoms with E-state index in [-0.39, 0.29) is 11.7 Å². The van der Waals surface area contributed by atoms with Crippen LogP contribution in [0, 0.1) is 0 Å². The van der Waals surface area contributed by atoms with Crippen molar-refractivity contribution in [2.75, 3.05) is 13.1 Å². The molecule has 1 saturated heterocycles. The summed E-state index contributed by atoms with van der Waals surface area (Å²) in [5, 5.41) is 10.3. The van der Waals surface area contributed by atoms with E-state index >= 15 is 0 Å². The van der Waals surface area contributed by atoms with Gasteiger partial charge >= 0.3 is 0 Å². The molecule has 0 unspecified atom stereocenters. The number of fused-ring (bicyclic) bond motifs is 1. The summed E-state index contributed by atoms with van der Waals surface area (Å²) in [6, 6.07) is 4.85. The zero-order valence-electron chi connectivity index (χ0n) is 13.8. The van der Waals surface area contributed by atoms with Gasteiger partial charge in [0.1, 0.15) is 0 Å². The summed E-state index contributed by atoms with van der Waals surface area (Å²) < 4.78 is 27.2. The minimum Gasteiger partial charge on any atom is -0.390 e. The van der Waals surface area contributed by atoms with Gasteiger partial charge in [0, 0.05) is 25.7 Å². The standard InChI is InChI=1S/C17H21F2N3O2/c1-3-17(24)6-8-22(9-7-17)16(23)11-4-5-13-12(10-11)20-15(14(18)19)21(13)2/h4-5,10,14,24H,3,6-9H2,1-2H3. The van der Waals surface area contributed by atoms with Gasteiger partial charge in [-0.05, 0) is 37.5 Å². The number of nitrogens with zero attached hydrogens (tertiary/aromatic N) is 3. The van der Waals surface area contributed by atoms with Crippen LogP contribution in [0.15, 0.2) is 18.2 Å². The Labute approximate surface area is 138 Å². The van der Waals surface area contributed by atoms with Gasteiger partial charge in [-0.2, -0.15) is 0 Å². The van der Waals surface area contributed by atoms with Gasteiger partial charge in [0.25, 0.3) is 12.3 Å². The number of carbonyl (C=O) groups excluding carboxylic acids is 1.